The van der Waals surface area contributed by atoms with Gasteiger partial charge in [0.2, 0.25) is 5.88 Å². The van der Waals surface area contributed by atoms with Gasteiger partial charge in [-0.05, 0) is 103 Å². The molecule has 4 heterocycles. The van der Waals surface area contributed by atoms with Crippen LogP contribution < -0.4 is 14.8 Å². The molecule has 2 N–H and O–H groups in total. The van der Waals surface area contributed by atoms with Crippen LogP contribution in [-0.2, 0) is 4.74 Å². The van der Waals surface area contributed by atoms with E-state index in [9.17, 15) is 22.8 Å². The molecule has 1 aliphatic heterocycles. The Kier molecular flexibility index (Phi) is 11.2. The van der Waals surface area contributed by atoms with Crippen molar-refractivity contribution in [1.29, 1.82) is 0 Å². The highest BCUT2D eigenvalue weighted by molar-refractivity contribution is 7.97. The van der Waals surface area contributed by atoms with E-state index in [2.05, 4.69) is 39.0 Å². The molecule has 272 valence electrons. The number of halogens is 4. The van der Waals surface area contributed by atoms with Crippen molar-refractivity contribution >= 4 is 41.2 Å². The van der Waals surface area contributed by atoms with E-state index in [4.69, 9.17) is 21.1 Å². The minimum absolute atomic E-state index is 0.0531. The van der Waals surface area contributed by atoms with Crippen molar-refractivity contribution in [3.05, 3.63) is 53.4 Å². The summed E-state index contributed by atoms with van der Waals surface area (Å²) in [5, 5.41) is 8.14. The molecular weight excluding hydrogens is 695 g/mol. The number of likely N-dealkylation sites (tertiary alicyclic amines) is 1. The van der Waals surface area contributed by atoms with E-state index in [1.165, 1.54) is 16.8 Å². The smallest absolute Gasteiger partial charge is 0.410 e. The van der Waals surface area contributed by atoms with Gasteiger partial charge < -0.3 is 19.7 Å². The first-order valence-corrected chi connectivity index (χ1v) is 17.7. The molecule has 0 bridgehead atoms. The van der Waals surface area contributed by atoms with Crippen LogP contribution in [0.15, 0.2) is 47.8 Å². The Morgan fingerprint density at radius 3 is 2.58 bits per heavy atom. The Labute approximate surface area is 299 Å². The summed E-state index contributed by atoms with van der Waals surface area (Å²) in [5.74, 6) is 0.384. The highest BCUT2D eigenvalue weighted by atomic mass is 35.5. The van der Waals surface area contributed by atoms with Crippen molar-refractivity contribution in [3.8, 4) is 11.7 Å². The Morgan fingerprint density at radius 1 is 1.14 bits per heavy atom. The average Bonchev–Trinajstić information content (AvgIpc) is 3.57. The molecule has 1 atom stereocenters. The first-order chi connectivity index (χ1) is 23.4. The Balaban J connectivity index is 1.05. The molecule has 1 saturated heterocycles. The molecule has 2 fully saturated rings. The average molecular weight is 738 g/mol. The van der Waals surface area contributed by atoms with E-state index in [1.54, 1.807) is 18.5 Å². The lowest BCUT2D eigenvalue weighted by Crippen LogP contribution is -2.45. The predicted octanol–water partition coefficient (Wildman–Crippen LogP) is 8.09. The van der Waals surface area contributed by atoms with Crippen LogP contribution in [0.2, 0.25) is 5.15 Å². The second kappa shape index (κ2) is 14.9. The summed E-state index contributed by atoms with van der Waals surface area (Å²) in [6, 6.07) is 8.27. The lowest BCUT2D eigenvalue weighted by molar-refractivity contribution is -0.190. The van der Waals surface area contributed by atoms with Crippen molar-refractivity contribution in [2.45, 2.75) is 95.5 Å². The first kappa shape index (κ1) is 37.5. The first-order valence-electron chi connectivity index (χ1n) is 16.5. The van der Waals surface area contributed by atoms with Gasteiger partial charge in [-0.15, -0.1) is 5.10 Å². The second-order valence-corrected chi connectivity index (χ2v) is 15.6. The minimum Gasteiger partial charge on any atom is -0.477 e. The van der Waals surface area contributed by atoms with Gasteiger partial charge in [-0.2, -0.15) is 13.2 Å². The van der Waals surface area contributed by atoms with E-state index in [0.717, 1.165) is 43.4 Å². The quantitative estimate of drug-likeness (QED) is 0.102. The summed E-state index contributed by atoms with van der Waals surface area (Å²) in [7, 11) is 0. The summed E-state index contributed by atoms with van der Waals surface area (Å²) >= 11 is 7.38. The summed E-state index contributed by atoms with van der Waals surface area (Å²) in [6.07, 6.45) is 1.62. The van der Waals surface area contributed by atoms with Crippen LogP contribution in [-0.4, -0.2) is 73.7 Å². The third-order valence-electron chi connectivity index (χ3n) is 8.84. The van der Waals surface area contributed by atoms with Crippen LogP contribution >= 0.6 is 23.5 Å². The van der Waals surface area contributed by atoms with Crippen molar-refractivity contribution < 1.29 is 32.2 Å². The molecule has 2 amide bonds. The maximum Gasteiger partial charge on any atom is 0.410 e. The molecule has 1 aliphatic carbocycles. The second-order valence-electron chi connectivity index (χ2n) is 14.4. The topological polar surface area (TPSA) is 124 Å². The van der Waals surface area contributed by atoms with Crippen molar-refractivity contribution in [3.63, 3.8) is 0 Å². The van der Waals surface area contributed by atoms with Crippen LogP contribution in [0.1, 0.15) is 83.5 Å². The lowest BCUT2D eigenvalue weighted by Gasteiger charge is -2.33. The fourth-order valence-corrected chi connectivity index (χ4v) is 6.82. The number of anilines is 1. The minimum atomic E-state index is -4.23. The Morgan fingerprint density at radius 2 is 1.90 bits per heavy atom. The molecule has 1 unspecified atom stereocenters. The number of rotatable bonds is 13. The van der Waals surface area contributed by atoms with Crippen LogP contribution in [0.4, 0.5) is 23.7 Å². The predicted molar refractivity (Wildman–Crippen MR) is 185 cm³/mol. The number of nitrogens with zero attached hydrogens (tertiary/aromatic N) is 5. The number of aromatic nitrogens is 4. The van der Waals surface area contributed by atoms with Gasteiger partial charge in [-0.1, -0.05) is 11.6 Å². The zero-order chi connectivity index (χ0) is 36.3. The summed E-state index contributed by atoms with van der Waals surface area (Å²) in [5.41, 5.74) is -1.43. The number of pyridine rings is 2. The van der Waals surface area contributed by atoms with Crippen LogP contribution in [0, 0.1) is 11.3 Å². The van der Waals surface area contributed by atoms with Crippen LogP contribution in [0.3, 0.4) is 0 Å². The molecule has 1 saturated carbocycles. The number of carbonyl (C=O) groups is 2. The number of carbonyl (C=O) groups excluding carboxylic acids is 2. The van der Waals surface area contributed by atoms with Crippen molar-refractivity contribution in [2.24, 2.45) is 11.3 Å². The van der Waals surface area contributed by atoms with Gasteiger partial charge in [0.25, 0.3) is 5.91 Å². The highest BCUT2D eigenvalue weighted by Crippen LogP contribution is 2.59. The molecule has 3 aromatic heterocycles. The number of ether oxygens (including phenoxy) is 2. The number of alkyl halides is 3. The number of hydrogen-bond acceptors (Lipinski definition) is 9. The van der Waals surface area contributed by atoms with E-state index < -0.39 is 23.1 Å². The molecular formula is C34H43ClF3N7O4S. The summed E-state index contributed by atoms with van der Waals surface area (Å²) < 4.78 is 54.6. The van der Waals surface area contributed by atoms with Gasteiger partial charge in [0.1, 0.15) is 15.8 Å². The molecule has 50 heavy (non-hydrogen) atoms. The molecule has 0 spiro atoms. The van der Waals surface area contributed by atoms with E-state index in [1.807, 2.05) is 37.8 Å². The van der Waals surface area contributed by atoms with Crippen LogP contribution in [0.5, 0.6) is 5.88 Å². The monoisotopic (exact) mass is 737 g/mol. The number of nitrogens with one attached hydrogen (secondary N) is 2. The maximum absolute atomic E-state index is 13.1. The van der Waals surface area contributed by atoms with E-state index in [-0.39, 0.29) is 54.1 Å². The Bertz CT molecular complexity index is 1680. The normalized spacial score (nSPS) is 18.1. The molecule has 5 rings (SSSR count). The van der Waals surface area contributed by atoms with Crippen molar-refractivity contribution in [2.75, 3.05) is 25.0 Å². The molecule has 2 aliphatic rings. The van der Waals surface area contributed by atoms with Gasteiger partial charge in [0.15, 0.2) is 5.82 Å². The van der Waals surface area contributed by atoms with Gasteiger partial charge >= 0.3 is 12.3 Å². The van der Waals surface area contributed by atoms with Crippen LogP contribution in [0.25, 0.3) is 5.82 Å². The zero-order valence-electron chi connectivity index (χ0n) is 28.8. The highest BCUT2D eigenvalue weighted by Gasteiger charge is 2.62. The Hall–Kier alpha value is -3.72. The fourth-order valence-electron chi connectivity index (χ4n) is 5.98. The van der Waals surface area contributed by atoms with Gasteiger partial charge in [0, 0.05) is 54.7 Å². The van der Waals surface area contributed by atoms with E-state index >= 15 is 0 Å². The third-order valence-corrected chi connectivity index (χ3v) is 9.85. The fraction of sp³-hybridized carbons (Fsp3) is 0.559. The molecule has 11 nitrogen and oxygen atoms in total. The zero-order valence-corrected chi connectivity index (χ0v) is 30.3. The molecule has 0 aromatic carbocycles. The molecule has 3 aromatic rings. The van der Waals surface area contributed by atoms with E-state index in [0.29, 0.717) is 23.3 Å². The standard InChI is InChI=1S/C34H43ClF3N7O4S/c1-31(2,3)49-30(47)44-21-22(20-32(44,4)5)7-6-15-39-23-10-16-40-27(19-23)50-43-29(46)24-8-9-25(41-28(24)35)45-17-11-26(42-45)48-18-14-33(12-13-33)34(36,37)38/h8-11,16-17,19,22H,6-7,12-15,18,20-21H2,1-5H3,(H,39,40)(H,43,46). The summed E-state index contributed by atoms with van der Waals surface area (Å²) in [6.45, 7) is 11.1. The van der Waals surface area contributed by atoms with Gasteiger partial charge in [0.05, 0.1) is 17.6 Å². The number of amides is 2. The van der Waals surface area contributed by atoms with Gasteiger partial charge in [-0.25, -0.2) is 19.4 Å². The molecule has 16 heteroatoms. The van der Waals surface area contributed by atoms with Crippen molar-refractivity contribution in [1.82, 2.24) is 29.4 Å². The maximum atomic E-state index is 13.1. The lowest BCUT2D eigenvalue weighted by atomic mass is 9.93. The third kappa shape index (κ3) is 9.53. The molecule has 0 radical (unpaired) electrons. The largest absolute Gasteiger partial charge is 0.477 e. The SMILES string of the molecule is CC(C)(C)OC(=O)N1CC(CCCNc2ccnc(SNC(=O)c3ccc(-n4ccc(OCCC5(C(F)(F)F)CC5)n4)nc3Cl)c2)CC1(C)C. The summed E-state index contributed by atoms with van der Waals surface area (Å²) in [4.78, 5) is 36.1. The number of hydrogen-bond donors (Lipinski definition) is 2. The van der Waals surface area contributed by atoms with Gasteiger partial charge in [-0.3, -0.25) is 9.52 Å².